The molecular formula is C10H12ClN3O2. The predicted molar refractivity (Wildman–Crippen MR) is 59.8 cm³/mol. The Labute approximate surface area is 98.2 Å². The van der Waals surface area contributed by atoms with Crippen LogP contribution in [0.3, 0.4) is 0 Å². The summed E-state index contributed by atoms with van der Waals surface area (Å²) in [4.78, 5) is 25.9. The number of hydrogen-bond acceptors (Lipinski definition) is 3. The van der Waals surface area contributed by atoms with Gasteiger partial charge in [0.05, 0.1) is 6.54 Å². The Morgan fingerprint density at radius 3 is 2.75 bits per heavy atom. The van der Waals surface area contributed by atoms with Gasteiger partial charge >= 0.3 is 0 Å². The van der Waals surface area contributed by atoms with Crippen LogP contribution in [0, 0.1) is 0 Å². The molecule has 1 aromatic heterocycles. The third-order valence-electron chi connectivity index (χ3n) is 1.78. The van der Waals surface area contributed by atoms with Crippen molar-refractivity contribution in [1.82, 2.24) is 15.6 Å². The summed E-state index contributed by atoms with van der Waals surface area (Å²) < 4.78 is 0. The van der Waals surface area contributed by atoms with Gasteiger partial charge in [-0.05, 0) is 11.6 Å². The van der Waals surface area contributed by atoms with Gasteiger partial charge in [-0.1, -0.05) is 6.07 Å². The number of aromatic nitrogens is 1. The van der Waals surface area contributed by atoms with Crippen molar-refractivity contribution in [3.05, 3.63) is 30.1 Å². The van der Waals surface area contributed by atoms with E-state index in [-0.39, 0.29) is 24.2 Å². The number of halogens is 1. The molecule has 0 unspecified atom stereocenters. The van der Waals surface area contributed by atoms with Crippen LogP contribution in [0.4, 0.5) is 0 Å². The van der Waals surface area contributed by atoms with Crippen molar-refractivity contribution >= 4 is 23.4 Å². The van der Waals surface area contributed by atoms with Gasteiger partial charge in [0.15, 0.2) is 0 Å². The van der Waals surface area contributed by atoms with Gasteiger partial charge < -0.3 is 10.6 Å². The molecule has 16 heavy (non-hydrogen) atoms. The van der Waals surface area contributed by atoms with E-state index in [4.69, 9.17) is 11.6 Å². The van der Waals surface area contributed by atoms with Gasteiger partial charge in [0.2, 0.25) is 11.8 Å². The summed E-state index contributed by atoms with van der Waals surface area (Å²) >= 11 is 5.26. The molecule has 2 N–H and O–H groups in total. The van der Waals surface area contributed by atoms with Crippen molar-refractivity contribution in [3.63, 3.8) is 0 Å². The van der Waals surface area contributed by atoms with E-state index < -0.39 is 0 Å². The minimum absolute atomic E-state index is 0.0637. The Hall–Kier alpha value is -1.62. The number of pyridine rings is 1. The fourth-order valence-electron chi connectivity index (χ4n) is 0.992. The summed E-state index contributed by atoms with van der Waals surface area (Å²) in [5.41, 5.74) is 0.902. The van der Waals surface area contributed by atoms with Crippen LogP contribution in [0.1, 0.15) is 5.56 Å². The highest BCUT2D eigenvalue weighted by atomic mass is 35.5. The lowest BCUT2D eigenvalue weighted by Gasteiger charge is -2.05. The Bertz CT molecular complexity index is 356. The van der Waals surface area contributed by atoms with Gasteiger partial charge in [0.25, 0.3) is 0 Å². The average Bonchev–Trinajstić information content (AvgIpc) is 2.34. The van der Waals surface area contributed by atoms with E-state index in [2.05, 4.69) is 15.6 Å². The largest absolute Gasteiger partial charge is 0.350 e. The van der Waals surface area contributed by atoms with Gasteiger partial charge in [0.1, 0.15) is 5.88 Å². The summed E-state index contributed by atoms with van der Waals surface area (Å²) in [6.45, 7) is 0.329. The summed E-state index contributed by atoms with van der Waals surface area (Å²) in [5.74, 6) is -0.767. The fraction of sp³-hybridized carbons (Fsp3) is 0.300. The third kappa shape index (κ3) is 4.75. The first-order chi connectivity index (χ1) is 7.72. The van der Waals surface area contributed by atoms with Crippen molar-refractivity contribution in [2.75, 3.05) is 12.4 Å². The molecule has 2 amide bonds. The molecule has 1 rings (SSSR count). The molecule has 0 aromatic carbocycles. The minimum Gasteiger partial charge on any atom is -0.350 e. The first-order valence-corrected chi connectivity index (χ1v) is 5.24. The summed E-state index contributed by atoms with van der Waals surface area (Å²) in [7, 11) is 0. The number of carbonyl (C=O) groups excluding carboxylic acids is 2. The van der Waals surface area contributed by atoms with Crippen molar-refractivity contribution in [3.8, 4) is 0 Å². The second kappa shape index (κ2) is 6.79. The zero-order chi connectivity index (χ0) is 11.8. The van der Waals surface area contributed by atoms with E-state index in [1.807, 2.05) is 6.07 Å². The molecule has 1 heterocycles. The van der Waals surface area contributed by atoms with E-state index in [1.54, 1.807) is 18.5 Å². The topological polar surface area (TPSA) is 71.1 Å². The number of nitrogens with one attached hydrogen (secondary N) is 2. The van der Waals surface area contributed by atoms with Gasteiger partial charge in [-0.15, -0.1) is 11.6 Å². The fourth-order valence-corrected chi connectivity index (χ4v) is 1.09. The normalized spacial score (nSPS) is 9.56. The molecule has 0 atom stereocenters. The molecule has 0 spiro atoms. The van der Waals surface area contributed by atoms with Crippen LogP contribution in [0.15, 0.2) is 24.5 Å². The van der Waals surface area contributed by atoms with Gasteiger partial charge in [-0.2, -0.15) is 0 Å². The first kappa shape index (κ1) is 12.4. The molecular weight excluding hydrogens is 230 g/mol. The van der Waals surface area contributed by atoms with E-state index in [9.17, 15) is 9.59 Å². The molecule has 5 nitrogen and oxygen atoms in total. The van der Waals surface area contributed by atoms with Crippen molar-refractivity contribution in [1.29, 1.82) is 0 Å². The lowest BCUT2D eigenvalue weighted by Crippen LogP contribution is -2.37. The molecule has 0 aliphatic carbocycles. The molecule has 86 valence electrons. The second-order valence-corrected chi connectivity index (χ2v) is 3.32. The molecule has 0 fully saturated rings. The van der Waals surface area contributed by atoms with E-state index >= 15 is 0 Å². The standard InChI is InChI=1S/C10H12ClN3O2/c11-4-9(15)14-7-10(16)13-6-8-2-1-3-12-5-8/h1-3,5H,4,6-7H2,(H,13,16)(H,14,15). The number of carbonyl (C=O) groups is 2. The number of hydrogen-bond donors (Lipinski definition) is 2. The van der Waals surface area contributed by atoms with E-state index in [1.165, 1.54) is 0 Å². The van der Waals surface area contributed by atoms with Crippen LogP contribution in [-0.2, 0) is 16.1 Å². The summed E-state index contributed by atoms with van der Waals surface area (Å²) in [6, 6.07) is 3.64. The quantitative estimate of drug-likeness (QED) is 0.716. The minimum atomic E-state index is -0.363. The summed E-state index contributed by atoms with van der Waals surface area (Å²) in [5, 5.41) is 5.01. The average molecular weight is 242 g/mol. The van der Waals surface area contributed by atoms with Crippen LogP contribution in [0.2, 0.25) is 0 Å². The zero-order valence-electron chi connectivity index (χ0n) is 8.57. The molecule has 1 aromatic rings. The molecule has 0 radical (unpaired) electrons. The van der Waals surface area contributed by atoms with Crippen LogP contribution >= 0.6 is 11.6 Å². The van der Waals surface area contributed by atoms with Gasteiger partial charge in [-0.3, -0.25) is 14.6 Å². The van der Waals surface area contributed by atoms with Crippen LogP contribution in [0.25, 0.3) is 0 Å². The molecule has 6 heteroatoms. The lowest BCUT2D eigenvalue weighted by molar-refractivity contribution is -0.124. The molecule has 0 saturated carbocycles. The molecule has 0 aliphatic rings. The molecule has 0 saturated heterocycles. The van der Waals surface area contributed by atoms with Crippen molar-refractivity contribution in [2.24, 2.45) is 0 Å². The van der Waals surface area contributed by atoms with Crippen LogP contribution < -0.4 is 10.6 Å². The molecule has 0 aliphatic heterocycles. The number of amides is 2. The maximum absolute atomic E-state index is 11.2. The first-order valence-electron chi connectivity index (χ1n) is 4.70. The highest BCUT2D eigenvalue weighted by molar-refractivity contribution is 6.27. The number of rotatable bonds is 5. The zero-order valence-corrected chi connectivity index (χ0v) is 9.33. The smallest absolute Gasteiger partial charge is 0.239 e. The van der Waals surface area contributed by atoms with Gasteiger partial charge in [0, 0.05) is 18.9 Å². The Morgan fingerprint density at radius 1 is 1.31 bits per heavy atom. The maximum atomic E-state index is 11.2. The number of nitrogens with zero attached hydrogens (tertiary/aromatic N) is 1. The predicted octanol–water partition coefficient (Wildman–Crippen LogP) is 0.0528. The summed E-state index contributed by atoms with van der Waals surface area (Å²) in [6.07, 6.45) is 3.32. The van der Waals surface area contributed by atoms with Crippen molar-refractivity contribution < 1.29 is 9.59 Å². The van der Waals surface area contributed by atoms with E-state index in [0.29, 0.717) is 6.54 Å². The second-order valence-electron chi connectivity index (χ2n) is 3.05. The highest BCUT2D eigenvalue weighted by Gasteiger charge is 2.03. The van der Waals surface area contributed by atoms with Gasteiger partial charge in [-0.25, -0.2) is 0 Å². The SMILES string of the molecule is O=C(CCl)NCC(=O)NCc1cccnc1. The lowest BCUT2D eigenvalue weighted by atomic mass is 10.3. The Balaban J connectivity index is 2.23. The third-order valence-corrected chi connectivity index (χ3v) is 2.02. The van der Waals surface area contributed by atoms with Crippen LogP contribution in [-0.4, -0.2) is 29.2 Å². The van der Waals surface area contributed by atoms with E-state index in [0.717, 1.165) is 5.56 Å². The number of alkyl halides is 1. The monoisotopic (exact) mass is 241 g/mol. The Kier molecular flexibility index (Phi) is 5.28. The Morgan fingerprint density at radius 2 is 2.12 bits per heavy atom. The highest BCUT2D eigenvalue weighted by Crippen LogP contribution is 1.93. The maximum Gasteiger partial charge on any atom is 0.239 e. The van der Waals surface area contributed by atoms with Crippen molar-refractivity contribution in [2.45, 2.75) is 6.54 Å². The molecule has 0 bridgehead atoms. The van der Waals surface area contributed by atoms with Crippen LogP contribution in [0.5, 0.6) is 0 Å².